The lowest BCUT2D eigenvalue weighted by Gasteiger charge is -2.05. The van der Waals surface area contributed by atoms with Gasteiger partial charge in [-0.3, -0.25) is 14.9 Å². The Hall–Kier alpha value is -2.87. The van der Waals surface area contributed by atoms with E-state index in [4.69, 9.17) is 5.84 Å². The van der Waals surface area contributed by atoms with Crippen molar-refractivity contribution in [1.29, 1.82) is 0 Å². The van der Waals surface area contributed by atoms with Crippen LogP contribution < -0.4 is 11.3 Å². The molecule has 23 heavy (non-hydrogen) atoms. The third-order valence-corrected chi connectivity index (χ3v) is 3.40. The second kappa shape index (κ2) is 5.73. The highest BCUT2D eigenvalue weighted by molar-refractivity contribution is 6.04. The fourth-order valence-electron chi connectivity index (χ4n) is 2.31. The van der Waals surface area contributed by atoms with Gasteiger partial charge in [-0.2, -0.15) is 5.10 Å². The molecule has 0 saturated heterocycles. The molecule has 0 radical (unpaired) electrons. The average molecular weight is 320 g/mol. The first-order valence-electron chi connectivity index (χ1n) is 6.60. The van der Waals surface area contributed by atoms with Crippen LogP contribution in [-0.2, 0) is 6.54 Å². The van der Waals surface area contributed by atoms with Gasteiger partial charge in [-0.1, -0.05) is 6.07 Å². The summed E-state index contributed by atoms with van der Waals surface area (Å²) < 4.78 is 41.5. The maximum absolute atomic E-state index is 13.8. The van der Waals surface area contributed by atoms with E-state index in [0.29, 0.717) is 10.9 Å². The number of nitrogens with one attached hydrogen (secondary N) is 1. The van der Waals surface area contributed by atoms with E-state index in [1.165, 1.54) is 28.9 Å². The zero-order chi connectivity index (χ0) is 16.6. The molecule has 3 aromatic rings. The van der Waals surface area contributed by atoms with Crippen LogP contribution >= 0.6 is 0 Å². The molecule has 5 nitrogen and oxygen atoms in total. The Morgan fingerprint density at radius 1 is 1.13 bits per heavy atom. The van der Waals surface area contributed by atoms with Crippen LogP contribution in [0.1, 0.15) is 16.1 Å². The highest BCUT2D eigenvalue weighted by Gasteiger charge is 2.18. The van der Waals surface area contributed by atoms with Gasteiger partial charge in [0.05, 0.1) is 12.1 Å². The zero-order valence-electron chi connectivity index (χ0n) is 11.7. The minimum Gasteiger partial charge on any atom is -0.289 e. The molecule has 0 aliphatic heterocycles. The monoisotopic (exact) mass is 320 g/mol. The highest BCUT2D eigenvalue weighted by atomic mass is 19.1. The summed E-state index contributed by atoms with van der Waals surface area (Å²) in [4.78, 5) is 11.8. The predicted octanol–water partition coefficient (Wildman–Crippen LogP) is 2.11. The predicted molar refractivity (Wildman–Crippen MR) is 76.8 cm³/mol. The number of hydrogen-bond acceptors (Lipinski definition) is 3. The number of carbonyl (C=O) groups excluding carboxylic acids is 1. The quantitative estimate of drug-likeness (QED) is 0.441. The molecule has 0 atom stereocenters. The van der Waals surface area contributed by atoms with Gasteiger partial charge < -0.3 is 0 Å². The van der Waals surface area contributed by atoms with Crippen LogP contribution in [0, 0.1) is 17.5 Å². The summed E-state index contributed by atoms with van der Waals surface area (Å²) in [6.07, 6.45) is 0. The Labute approximate surface area is 128 Å². The van der Waals surface area contributed by atoms with E-state index >= 15 is 0 Å². The molecule has 8 heteroatoms. The van der Waals surface area contributed by atoms with Crippen LogP contribution in [0.25, 0.3) is 10.9 Å². The number of aromatic nitrogens is 2. The van der Waals surface area contributed by atoms with E-state index in [0.717, 1.165) is 12.1 Å². The fraction of sp³-hybridized carbons (Fsp3) is 0.0667. The summed E-state index contributed by atoms with van der Waals surface area (Å²) >= 11 is 0. The van der Waals surface area contributed by atoms with E-state index in [1.54, 1.807) is 0 Å². The van der Waals surface area contributed by atoms with Gasteiger partial charge in [-0.25, -0.2) is 19.0 Å². The Morgan fingerprint density at radius 2 is 1.83 bits per heavy atom. The molecule has 0 aliphatic rings. The van der Waals surface area contributed by atoms with Crippen molar-refractivity contribution in [2.45, 2.75) is 6.54 Å². The van der Waals surface area contributed by atoms with Gasteiger partial charge in [0.2, 0.25) is 0 Å². The van der Waals surface area contributed by atoms with Crippen molar-refractivity contribution in [1.82, 2.24) is 15.2 Å². The number of benzene rings is 2. The molecule has 3 rings (SSSR count). The number of hydrogen-bond donors (Lipinski definition) is 2. The molecule has 2 aromatic carbocycles. The SMILES string of the molecule is NNC(=O)c1nn(Cc2ccc(F)cc2F)c2cc(F)ccc12. The maximum Gasteiger partial charge on any atom is 0.286 e. The largest absolute Gasteiger partial charge is 0.289 e. The smallest absolute Gasteiger partial charge is 0.286 e. The number of nitrogen functional groups attached to an aromatic ring is 1. The number of carbonyl (C=O) groups is 1. The second-order valence-corrected chi connectivity index (χ2v) is 4.88. The van der Waals surface area contributed by atoms with Crippen molar-refractivity contribution in [2.75, 3.05) is 0 Å². The summed E-state index contributed by atoms with van der Waals surface area (Å²) in [7, 11) is 0. The summed E-state index contributed by atoms with van der Waals surface area (Å²) in [6, 6.07) is 6.87. The lowest BCUT2D eigenvalue weighted by Crippen LogP contribution is -2.30. The summed E-state index contributed by atoms with van der Waals surface area (Å²) in [6.45, 7) is -0.0933. The number of fused-ring (bicyclic) bond motifs is 1. The third-order valence-electron chi connectivity index (χ3n) is 3.40. The van der Waals surface area contributed by atoms with Crippen molar-refractivity contribution in [3.05, 3.63) is 65.1 Å². The van der Waals surface area contributed by atoms with Crippen LogP contribution in [-0.4, -0.2) is 15.7 Å². The van der Waals surface area contributed by atoms with Crippen LogP contribution in [0.15, 0.2) is 36.4 Å². The number of nitrogens with two attached hydrogens (primary N) is 1. The van der Waals surface area contributed by atoms with Crippen molar-refractivity contribution in [2.24, 2.45) is 5.84 Å². The molecule has 1 amide bonds. The number of rotatable bonds is 3. The lowest BCUT2D eigenvalue weighted by atomic mass is 10.2. The maximum atomic E-state index is 13.8. The van der Waals surface area contributed by atoms with Gasteiger partial charge >= 0.3 is 0 Å². The molecule has 1 heterocycles. The molecule has 0 unspecified atom stereocenters. The molecule has 0 spiro atoms. The van der Waals surface area contributed by atoms with Gasteiger partial charge in [0, 0.05) is 17.0 Å². The number of halogens is 3. The Kier molecular flexibility index (Phi) is 3.75. The molecule has 0 aliphatic carbocycles. The average Bonchev–Trinajstić information content (AvgIpc) is 2.87. The first-order chi connectivity index (χ1) is 11.0. The van der Waals surface area contributed by atoms with E-state index < -0.39 is 23.4 Å². The summed E-state index contributed by atoms with van der Waals surface area (Å²) in [5, 5.41) is 4.43. The van der Waals surface area contributed by atoms with E-state index in [-0.39, 0.29) is 17.8 Å². The Bertz CT molecular complexity index is 907. The Morgan fingerprint density at radius 3 is 2.52 bits per heavy atom. The Balaban J connectivity index is 2.13. The first kappa shape index (κ1) is 15.0. The summed E-state index contributed by atoms with van der Waals surface area (Å²) in [5.41, 5.74) is 2.39. The normalized spacial score (nSPS) is 11.0. The number of amides is 1. The van der Waals surface area contributed by atoms with Crippen molar-refractivity contribution in [3.8, 4) is 0 Å². The van der Waals surface area contributed by atoms with E-state index in [9.17, 15) is 18.0 Å². The topological polar surface area (TPSA) is 72.9 Å². The molecule has 0 bridgehead atoms. The minimum absolute atomic E-state index is 0.00924. The van der Waals surface area contributed by atoms with Crippen LogP contribution in [0.3, 0.4) is 0 Å². The molecule has 3 N–H and O–H groups in total. The zero-order valence-corrected chi connectivity index (χ0v) is 11.7. The molecule has 0 fully saturated rings. The van der Waals surface area contributed by atoms with E-state index in [2.05, 4.69) is 5.10 Å². The lowest BCUT2D eigenvalue weighted by molar-refractivity contribution is 0.0949. The summed E-state index contributed by atoms with van der Waals surface area (Å²) in [5.74, 6) is 2.46. The molecule has 0 saturated carbocycles. The van der Waals surface area contributed by atoms with Gasteiger partial charge in [0.15, 0.2) is 5.69 Å². The molecule has 1 aromatic heterocycles. The van der Waals surface area contributed by atoms with Crippen molar-refractivity contribution in [3.63, 3.8) is 0 Å². The van der Waals surface area contributed by atoms with Crippen molar-refractivity contribution >= 4 is 16.8 Å². The van der Waals surface area contributed by atoms with Gasteiger partial charge in [-0.05, 0) is 24.3 Å². The molecular formula is C15H11F3N4O. The second-order valence-electron chi connectivity index (χ2n) is 4.88. The van der Waals surface area contributed by atoms with Gasteiger partial charge in [0.25, 0.3) is 5.91 Å². The number of nitrogens with zero attached hydrogens (tertiary/aromatic N) is 2. The highest BCUT2D eigenvalue weighted by Crippen LogP contribution is 2.22. The van der Waals surface area contributed by atoms with Crippen molar-refractivity contribution < 1.29 is 18.0 Å². The third kappa shape index (κ3) is 2.76. The standard InChI is InChI=1S/C15H11F3N4O/c16-9-2-1-8(12(18)5-9)7-22-13-6-10(17)3-4-11(13)14(21-22)15(23)20-19/h1-6H,7,19H2,(H,20,23). The molecule has 118 valence electrons. The number of hydrazine groups is 1. The van der Waals surface area contributed by atoms with Crippen LogP contribution in [0.5, 0.6) is 0 Å². The van der Waals surface area contributed by atoms with Gasteiger partial charge in [0.1, 0.15) is 17.5 Å². The van der Waals surface area contributed by atoms with Crippen LogP contribution in [0.2, 0.25) is 0 Å². The van der Waals surface area contributed by atoms with Gasteiger partial charge in [-0.15, -0.1) is 0 Å². The van der Waals surface area contributed by atoms with E-state index in [1.807, 2.05) is 5.43 Å². The molecular weight excluding hydrogens is 309 g/mol. The van der Waals surface area contributed by atoms with Crippen LogP contribution in [0.4, 0.5) is 13.2 Å². The fourth-order valence-corrected chi connectivity index (χ4v) is 2.31. The first-order valence-corrected chi connectivity index (χ1v) is 6.60. The minimum atomic E-state index is -0.755.